The first-order chi connectivity index (χ1) is 9.15. The molecular formula is C14H13N3O2. The van der Waals surface area contributed by atoms with Gasteiger partial charge in [-0.05, 0) is 6.07 Å². The van der Waals surface area contributed by atoms with Crippen molar-refractivity contribution in [3.05, 3.63) is 48.6 Å². The summed E-state index contributed by atoms with van der Waals surface area (Å²) in [6.45, 7) is 3.71. The number of carbonyl (C=O) groups is 1. The zero-order chi connectivity index (χ0) is 13.4. The van der Waals surface area contributed by atoms with Crippen LogP contribution in [0.2, 0.25) is 0 Å². The lowest BCUT2D eigenvalue weighted by atomic mass is 9.98. The third kappa shape index (κ3) is 2.03. The number of rotatable bonds is 2. The second-order valence-corrected chi connectivity index (χ2v) is 4.57. The van der Waals surface area contributed by atoms with E-state index < -0.39 is 0 Å². The van der Waals surface area contributed by atoms with Gasteiger partial charge >= 0.3 is 5.97 Å². The van der Waals surface area contributed by atoms with Crippen molar-refractivity contribution in [2.45, 2.75) is 12.5 Å². The highest BCUT2D eigenvalue weighted by Gasteiger charge is 2.30. The molecule has 0 N–H and O–H groups in total. The van der Waals surface area contributed by atoms with E-state index in [-0.39, 0.29) is 12.1 Å². The van der Waals surface area contributed by atoms with Crippen molar-refractivity contribution in [3.63, 3.8) is 0 Å². The molecule has 1 aliphatic rings. The van der Waals surface area contributed by atoms with Crippen LogP contribution in [0.15, 0.2) is 43.0 Å². The Hall–Kier alpha value is -2.43. The number of ether oxygens (including phenoxy) is 1. The fourth-order valence-corrected chi connectivity index (χ4v) is 2.22. The Bertz CT molecular complexity index is 644. The average Bonchev–Trinajstić information content (AvgIpc) is 2.97. The highest BCUT2D eigenvalue weighted by molar-refractivity contribution is 5.90. The van der Waals surface area contributed by atoms with Crippen LogP contribution in [-0.2, 0) is 16.6 Å². The van der Waals surface area contributed by atoms with Gasteiger partial charge in [-0.25, -0.2) is 4.79 Å². The monoisotopic (exact) mass is 255 g/mol. The minimum Gasteiger partial charge on any atom is -0.454 e. The minimum atomic E-state index is -0.320. The lowest BCUT2D eigenvalue weighted by Gasteiger charge is -2.12. The zero-order valence-electron chi connectivity index (χ0n) is 10.5. The van der Waals surface area contributed by atoms with Crippen LogP contribution in [0.5, 0.6) is 0 Å². The summed E-state index contributed by atoms with van der Waals surface area (Å²) in [6, 6.07) is 1.87. The standard InChI is InChI=1S/C14H13N3O2/c1-9-5-13(19-14(9)18)11-3-4-15-7-12(11)10-6-16-17(2)8-10/h3-4,6-8,13H,1,5H2,2H3. The van der Waals surface area contributed by atoms with Crippen LogP contribution in [0.4, 0.5) is 0 Å². The van der Waals surface area contributed by atoms with E-state index in [4.69, 9.17) is 4.74 Å². The van der Waals surface area contributed by atoms with Crippen LogP contribution in [0, 0.1) is 0 Å². The molecule has 5 heteroatoms. The van der Waals surface area contributed by atoms with Gasteiger partial charge in [-0.15, -0.1) is 0 Å². The fourth-order valence-electron chi connectivity index (χ4n) is 2.22. The Balaban J connectivity index is 2.03. The summed E-state index contributed by atoms with van der Waals surface area (Å²) in [7, 11) is 1.86. The van der Waals surface area contributed by atoms with Crippen molar-refractivity contribution in [3.8, 4) is 11.1 Å². The molecule has 3 rings (SSSR count). The molecule has 0 saturated carbocycles. The van der Waals surface area contributed by atoms with Crippen molar-refractivity contribution in [2.75, 3.05) is 0 Å². The Morgan fingerprint density at radius 3 is 2.95 bits per heavy atom. The number of hydrogen-bond donors (Lipinski definition) is 0. The van der Waals surface area contributed by atoms with Crippen molar-refractivity contribution < 1.29 is 9.53 Å². The lowest BCUT2D eigenvalue weighted by Crippen LogP contribution is -2.01. The first-order valence-electron chi connectivity index (χ1n) is 5.97. The van der Waals surface area contributed by atoms with E-state index in [1.54, 1.807) is 23.3 Å². The van der Waals surface area contributed by atoms with Gasteiger partial charge in [0.25, 0.3) is 0 Å². The zero-order valence-corrected chi connectivity index (χ0v) is 10.5. The maximum absolute atomic E-state index is 11.5. The molecule has 5 nitrogen and oxygen atoms in total. The Morgan fingerprint density at radius 1 is 1.47 bits per heavy atom. The summed E-state index contributed by atoms with van der Waals surface area (Å²) in [4.78, 5) is 15.6. The maximum Gasteiger partial charge on any atom is 0.334 e. The molecule has 0 amide bonds. The summed E-state index contributed by atoms with van der Waals surface area (Å²) >= 11 is 0. The predicted molar refractivity (Wildman–Crippen MR) is 69.0 cm³/mol. The van der Waals surface area contributed by atoms with E-state index in [0.29, 0.717) is 12.0 Å². The van der Waals surface area contributed by atoms with Crippen molar-refractivity contribution in [2.24, 2.45) is 7.05 Å². The van der Waals surface area contributed by atoms with Crippen LogP contribution in [0.1, 0.15) is 18.1 Å². The van der Waals surface area contributed by atoms with E-state index in [1.165, 1.54) is 0 Å². The van der Waals surface area contributed by atoms with Crippen LogP contribution in [0.25, 0.3) is 11.1 Å². The molecule has 1 atom stereocenters. The van der Waals surface area contributed by atoms with Crippen LogP contribution >= 0.6 is 0 Å². The van der Waals surface area contributed by atoms with Gasteiger partial charge in [0.15, 0.2) is 0 Å². The minimum absolute atomic E-state index is 0.279. The Kier molecular flexibility index (Phi) is 2.67. The van der Waals surface area contributed by atoms with E-state index in [9.17, 15) is 4.79 Å². The number of aryl methyl sites for hydroxylation is 1. The molecule has 0 radical (unpaired) electrons. The smallest absolute Gasteiger partial charge is 0.334 e. The molecule has 1 saturated heterocycles. The van der Waals surface area contributed by atoms with Crippen molar-refractivity contribution in [1.29, 1.82) is 0 Å². The Labute approximate surface area is 110 Å². The number of carbonyl (C=O) groups excluding carboxylic acids is 1. The summed E-state index contributed by atoms with van der Waals surface area (Å²) in [5.41, 5.74) is 3.34. The van der Waals surface area contributed by atoms with E-state index in [2.05, 4.69) is 16.7 Å². The molecule has 1 fully saturated rings. The van der Waals surface area contributed by atoms with E-state index >= 15 is 0 Å². The SMILES string of the molecule is C=C1CC(c2ccncc2-c2cnn(C)c2)OC1=O. The molecule has 1 aliphatic heterocycles. The normalized spacial score (nSPS) is 18.7. The lowest BCUT2D eigenvalue weighted by molar-refractivity contribution is -0.139. The van der Waals surface area contributed by atoms with E-state index in [1.807, 2.05) is 19.3 Å². The third-order valence-electron chi connectivity index (χ3n) is 3.19. The van der Waals surface area contributed by atoms with Gasteiger partial charge in [0, 0.05) is 54.3 Å². The van der Waals surface area contributed by atoms with Gasteiger partial charge in [-0.1, -0.05) is 6.58 Å². The predicted octanol–water partition coefficient (Wildman–Crippen LogP) is 2.03. The summed E-state index contributed by atoms with van der Waals surface area (Å²) in [5.74, 6) is -0.320. The number of cyclic esters (lactones) is 1. The van der Waals surface area contributed by atoms with Crippen LogP contribution in [0.3, 0.4) is 0 Å². The molecule has 96 valence electrons. The number of aromatic nitrogens is 3. The molecule has 0 aromatic carbocycles. The first-order valence-corrected chi connectivity index (χ1v) is 5.97. The van der Waals surface area contributed by atoms with E-state index in [0.717, 1.165) is 16.7 Å². The third-order valence-corrected chi connectivity index (χ3v) is 3.19. The topological polar surface area (TPSA) is 57.0 Å². The number of pyridine rings is 1. The molecule has 2 aromatic heterocycles. The van der Waals surface area contributed by atoms with Crippen molar-refractivity contribution in [1.82, 2.24) is 14.8 Å². The molecule has 3 heterocycles. The quantitative estimate of drug-likeness (QED) is 0.608. The first kappa shape index (κ1) is 11.6. The largest absolute Gasteiger partial charge is 0.454 e. The molecule has 0 aliphatic carbocycles. The van der Waals surface area contributed by atoms with Gasteiger partial charge in [0.1, 0.15) is 6.10 Å². The molecule has 0 spiro atoms. The number of hydrogen-bond acceptors (Lipinski definition) is 4. The van der Waals surface area contributed by atoms with Crippen LogP contribution in [-0.4, -0.2) is 20.7 Å². The van der Waals surface area contributed by atoms with Gasteiger partial charge in [0.2, 0.25) is 0 Å². The number of esters is 1. The highest BCUT2D eigenvalue weighted by Crippen LogP contribution is 2.37. The van der Waals surface area contributed by atoms with Crippen LogP contribution < -0.4 is 0 Å². The highest BCUT2D eigenvalue weighted by atomic mass is 16.5. The molecule has 19 heavy (non-hydrogen) atoms. The maximum atomic E-state index is 11.5. The molecule has 2 aromatic rings. The van der Waals surface area contributed by atoms with Crippen molar-refractivity contribution >= 4 is 5.97 Å². The summed E-state index contributed by atoms with van der Waals surface area (Å²) < 4.78 is 7.06. The second-order valence-electron chi connectivity index (χ2n) is 4.57. The average molecular weight is 255 g/mol. The number of nitrogens with zero attached hydrogens (tertiary/aromatic N) is 3. The van der Waals surface area contributed by atoms with Gasteiger partial charge in [-0.3, -0.25) is 9.67 Å². The Morgan fingerprint density at radius 2 is 2.32 bits per heavy atom. The molecule has 0 bridgehead atoms. The second kappa shape index (κ2) is 4.35. The summed E-state index contributed by atoms with van der Waals surface area (Å²) in [5, 5.41) is 4.15. The summed E-state index contributed by atoms with van der Waals surface area (Å²) in [6.07, 6.45) is 7.39. The fraction of sp³-hybridized carbons (Fsp3) is 0.214. The molecular weight excluding hydrogens is 242 g/mol. The van der Waals surface area contributed by atoms with Gasteiger partial charge < -0.3 is 4.74 Å². The molecule has 1 unspecified atom stereocenters. The van der Waals surface area contributed by atoms with Gasteiger partial charge in [-0.2, -0.15) is 5.10 Å². The van der Waals surface area contributed by atoms with Gasteiger partial charge in [0.05, 0.1) is 6.20 Å².